The third-order valence-corrected chi connectivity index (χ3v) is 6.13. The molecule has 0 fully saturated rings. The van der Waals surface area contributed by atoms with Gasteiger partial charge in [0.15, 0.2) is 0 Å². The van der Waals surface area contributed by atoms with E-state index in [1.54, 1.807) is 0 Å². The van der Waals surface area contributed by atoms with Crippen LogP contribution >= 0.6 is 22.9 Å². The fraction of sp³-hybridized carbons (Fsp3) is 0.118. The maximum absolute atomic E-state index is 13.3. The summed E-state index contributed by atoms with van der Waals surface area (Å²) < 4.78 is 114. The van der Waals surface area contributed by atoms with Crippen LogP contribution in [0.15, 0.2) is 41.8 Å². The Morgan fingerprint density at radius 2 is 1.61 bits per heavy atom. The minimum absolute atomic E-state index is 0.0904. The summed E-state index contributed by atoms with van der Waals surface area (Å²) in [5, 5.41) is 1.05. The predicted molar refractivity (Wildman–Crippen MR) is 102 cm³/mol. The van der Waals surface area contributed by atoms with E-state index in [9.17, 15) is 39.2 Å². The summed E-state index contributed by atoms with van der Waals surface area (Å²) in [7, 11) is -5.66. The van der Waals surface area contributed by atoms with Crippen LogP contribution in [0, 0.1) is 5.82 Å². The van der Waals surface area contributed by atoms with E-state index in [1.807, 2.05) is 0 Å². The average Bonchev–Trinajstić information content (AvgIpc) is 3.09. The Bertz CT molecular complexity index is 1240. The van der Waals surface area contributed by atoms with Gasteiger partial charge in [0.1, 0.15) is 10.8 Å². The van der Waals surface area contributed by atoms with E-state index >= 15 is 0 Å². The number of aromatic nitrogens is 1. The van der Waals surface area contributed by atoms with Gasteiger partial charge in [-0.15, -0.1) is 11.3 Å². The number of hydrogen-bond donors (Lipinski definition) is 1. The van der Waals surface area contributed by atoms with Crippen LogP contribution in [0.2, 0.25) is 5.02 Å². The van der Waals surface area contributed by atoms with E-state index in [2.05, 4.69) is 4.98 Å². The lowest BCUT2D eigenvalue weighted by Gasteiger charge is -2.12. The van der Waals surface area contributed by atoms with Crippen molar-refractivity contribution < 1.29 is 39.2 Å². The molecule has 1 heterocycles. The molecule has 3 rings (SSSR count). The zero-order valence-electron chi connectivity index (χ0n) is 14.6. The second-order valence-corrected chi connectivity index (χ2v) is 8.91. The molecule has 0 saturated heterocycles. The highest BCUT2D eigenvalue weighted by Crippen LogP contribution is 2.40. The van der Waals surface area contributed by atoms with Gasteiger partial charge in [0.2, 0.25) is 0 Å². The number of nitrogens with zero attached hydrogens (tertiary/aromatic N) is 1. The molecule has 3 aromatic rings. The largest absolute Gasteiger partial charge is 0.516 e. The van der Waals surface area contributed by atoms with Crippen molar-refractivity contribution in [2.45, 2.75) is 11.7 Å². The van der Waals surface area contributed by atoms with Gasteiger partial charge in [0.25, 0.3) is 0 Å². The standard InChI is InChI=1S/C17H8ClF7N2O2S2/c18-13-6-9(27-31(28,29)17(23,24)25)2-4-11(13)14-7-30-15(26-14)10-3-1-8(19)5-12(10)16(20,21)22/h1-7,27H. The van der Waals surface area contributed by atoms with E-state index in [0.717, 1.165) is 41.7 Å². The molecule has 0 aliphatic heterocycles. The van der Waals surface area contributed by atoms with Gasteiger partial charge in [0.05, 0.1) is 22.0 Å². The minimum Gasteiger partial charge on any atom is -0.276 e. The molecule has 0 aliphatic rings. The van der Waals surface area contributed by atoms with Crippen LogP contribution in [0.4, 0.5) is 36.4 Å². The number of alkyl halides is 6. The number of thiazole rings is 1. The Hall–Kier alpha value is -2.38. The number of anilines is 1. The molecule has 0 atom stereocenters. The molecule has 0 spiro atoms. The zero-order valence-corrected chi connectivity index (χ0v) is 17.0. The molecule has 166 valence electrons. The highest BCUT2D eigenvalue weighted by molar-refractivity contribution is 7.93. The normalized spacial score (nSPS) is 12.8. The van der Waals surface area contributed by atoms with Gasteiger partial charge in [-0.3, -0.25) is 4.72 Å². The van der Waals surface area contributed by atoms with E-state index < -0.39 is 38.8 Å². The van der Waals surface area contributed by atoms with Crippen LogP contribution < -0.4 is 4.72 Å². The van der Waals surface area contributed by atoms with E-state index in [0.29, 0.717) is 6.07 Å². The topological polar surface area (TPSA) is 59.1 Å². The number of rotatable bonds is 4. The molecule has 0 bridgehead atoms. The fourth-order valence-electron chi connectivity index (χ4n) is 2.46. The lowest BCUT2D eigenvalue weighted by atomic mass is 10.1. The van der Waals surface area contributed by atoms with Gasteiger partial charge in [-0.2, -0.15) is 34.8 Å². The molecule has 14 heteroatoms. The molecule has 31 heavy (non-hydrogen) atoms. The fourth-order valence-corrected chi connectivity index (χ4v) is 4.15. The van der Waals surface area contributed by atoms with Crippen LogP contribution in [-0.4, -0.2) is 18.9 Å². The highest BCUT2D eigenvalue weighted by atomic mass is 35.5. The molecule has 0 saturated carbocycles. The van der Waals surface area contributed by atoms with Gasteiger partial charge in [-0.1, -0.05) is 11.6 Å². The molecule has 0 aliphatic carbocycles. The van der Waals surface area contributed by atoms with Crippen molar-refractivity contribution in [3.63, 3.8) is 0 Å². The first-order valence-corrected chi connectivity index (χ1v) is 10.6. The maximum Gasteiger partial charge on any atom is 0.516 e. The van der Waals surface area contributed by atoms with Crippen LogP contribution in [-0.2, 0) is 16.2 Å². The Balaban J connectivity index is 1.96. The van der Waals surface area contributed by atoms with E-state index in [1.165, 1.54) is 10.1 Å². The summed E-state index contributed by atoms with van der Waals surface area (Å²) in [5.41, 5.74) is -7.37. The van der Waals surface area contributed by atoms with E-state index in [4.69, 9.17) is 11.6 Å². The molecule has 2 aromatic carbocycles. The summed E-state index contributed by atoms with van der Waals surface area (Å²) in [6.45, 7) is 0. The molecule has 0 amide bonds. The molecule has 1 N–H and O–H groups in total. The van der Waals surface area contributed by atoms with Crippen LogP contribution in [0.3, 0.4) is 0 Å². The summed E-state index contributed by atoms with van der Waals surface area (Å²) in [6, 6.07) is 5.16. The second kappa shape index (κ2) is 7.95. The minimum atomic E-state index is -5.66. The van der Waals surface area contributed by atoms with Crippen molar-refractivity contribution in [2.24, 2.45) is 0 Å². The van der Waals surface area contributed by atoms with Crippen molar-refractivity contribution in [3.05, 3.63) is 58.2 Å². The van der Waals surface area contributed by atoms with Gasteiger partial charge in [-0.25, -0.2) is 9.37 Å². The number of nitrogens with one attached hydrogen (secondary N) is 1. The van der Waals surface area contributed by atoms with Crippen LogP contribution in [0.25, 0.3) is 21.8 Å². The third-order valence-electron chi connectivity index (χ3n) is 3.82. The number of benzene rings is 2. The van der Waals surface area contributed by atoms with Crippen LogP contribution in [0.5, 0.6) is 0 Å². The molecule has 1 aromatic heterocycles. The van der Waals surface area contributed by atoms with Crippen molar-refractivity contribution >= 4 is 38.6 Å². The Labute approximate surface area is 179 Å². The smallest absolute Gasteiger partial charge is 0.276 e. The first-order chi connectivity index (χ1) is 14.2. The monoisotopic (exact) mass is 504 g/mol. The van der Waals surface area contributed by atoms with Crippen molar-refractivity contribution in [2.75, 3.05) is 4.72 Å². The molecular weight excluding hydrogens is 497 g/mol. The predicted octanol–water partition coefficient (Wildman–Crippen LogP) is 6.55. The van der Waals surface area contributed by atoms with Gasteiger partial charge < -0.3 is 0 Å². The van der Waals surface area contributed by atoms with Crippen molar-refractivity contribution in [3.8, 4) is 21.8 Å². The Morgan fingerprint density at radius 3 is 2.19 bits per heavy atom. The highest BCUT2D eigenvalue weighted by Gasteiger charge is 2.46. The molecule has 0 unspecified atom stereocenters. The zero-order chi connectivity index (χ0) is 23.2. The van der Waals surface area contributed by atoms with E-state index in [-0.39, 0.29) is 26.9 Å². The molecule has 4 nitrogen and oxygen atoms in total. The average molecular weight is 505 g/mol. The summed E-state index contributed by atoms with van der Waals surface area (Å²) in [4.78, 5) is 4.05. The maximum atomic E-state index is 13.3. The Morgan fingerprint density at radius 1 is 0.968 bits per heavy atom. The van der Waals surface area contributed by atoms with Crippen molar-refractivity contribution in [1.29, 1.82) is 0 Å². The summed E-state index contributed by atoms with van der Waals surface area (Å²) >= 11 is 6.81. The SMILES string of the molecule is O=S(=O)(Nc1ccc(-c2csc(-c3ccc(F)cc3C(F)(F)F)n2)c(Cl)c1)C(F)(F)F. The first-order valence-electron chi connectivity index (χ1n) is 7.91. The lowest BCUT2D eigenvalue weighted by molar-refractivity contribution is -0.137. The van der Waals surface area contributed by atoms with Crippen LogP contribution in [0.1, 0.15) is 5.56 Å². The first kappa shape index (κ1) is 23.3. The van der Waals surface area contributed by atoms with Gasteiger partial charge in [-0.05, 0) is 36.4 Å². The second-order valence-electron chi connectivity index (χ2n) is 5.97. The molecular formula is C17H8ClF7N2O2S2. The van der Waals surface area contributed by atoms with Crippen molar-refractivity contribution in [1.82, 2.24) is 4.98 Å². The number of halogens is 8. The van der Waals surface area contributed by atoms with Gasteiger partial charge in [0, 0.05) is 16.5 Å². The Kier molecular flexibility index (Phi) is 5.97. The lowest BCUT2D eigenvalue weighted by Crippen LogP contribution is -2.29. The summed E-state index contributed by atoms with van der Waals surface area (Å²) in [6.07, 6.45) is -4.84. The summed E-state index contributed by atoms with van der Waals surface area (Å²) in [5.74, 6) is -1.08. The third kappa shape index (κ3) is 4.93. The van der Waals surface area contributed by atoms with Gasteiger partial charge >= 0.3 is 21.7 Å². The quantitative estimate of drug-likeness (QED) is 0.410. The number of sulfonamides is 1. The molecule has 0 radical (unpaired) electrons. The number of hydrogen-bond acceptors (Lipinski definition) is 4.